The molecular weight excluding hydrogens is 226 g/mol. The highest BCUT2D eigenvalue weighted by Gasteiger charge is 2.30. The second-order valence-electron chi connectivity index (χ2n) is 4.88. The summed E-state index contributed by atoms with van der Waals surface area (Å²) in [5, 5.41) is 3.45. The number of hydrogen-bond donors (Lipinski definition) is 1. The first-order valence-electron chi connectivity index (χ1n) is 6.66. The summed E-state index contributed by atoms with van der Waals surface area (Å²) in [7, 11) is 1.48. The van der Waals surface area contributed by atoms with Gasteiger partial charge in [-0.15, -0.1) is 0 Å². The Morgan fingerprint density at radius 1 is 1.39 bits per heavy atom. The summed E-state index contributed by atoms with van der Waals surface area (Å²) in [4.78, 5) is 12.0. The number of nitrogens with one attached hydrogen (secondary N) is 1. The Morgan fingerprint density at radius 2 is 2.17 bits per heavy atom. The molecule has 0 aliphatic carbocycles. The lowest BCUT2D eigenvalue weighted by atomic mass is 9.87. The van der Waals surface area contributed by atoms with Crippen molar-refractivity contribution in [3.63, 3.8) is 0 Å². The Balaban J connectivity index is 2.07. The lowest BCUT2D eigenvalue weighted by molar-refractivity contribution is -0.146. The van der Waals surface area contributed by atoms with Crippen molar-refractivity contribution in [1.29, 1.82) is 0 Å². The molecule has 0 amide bonds. The molecule has 2 atom stereocenters. The summed E-state index contributed by atoms with van der Waals surface area (Å²) < 4.78 is 4.96. The zero-order valence-electron chi connectivity index (χ0n) is 10.9. The van der Waals surface area contributed by atoms with Gasteiger partial charge in [-0.1, -0.05) is 36.8 Å². The molecule has 0 saturated carbocycles. The fraction of sp³-hybridized carbons (Fsp3) is 0.533. The monoisotopic (exact) mass is 247 g/mol. The molecule has 1 heterocycles. The van der Waals surface area contributed by atoms with Crippen LogP contribution in [0.5, 0.6) is 0 Å². The molecule has 3 heteroatoms. The molecule has 1 aliphatic heterocycles. The van der Waals surface area contributed by atoms with Gasteiger partial charge in [0.1, 0.15) is 0 Å². The number of piperidine rings is 1. The van der Waals surface area contributed by atoms with Gasteiger partial charge >= 0.3 is 5.97 Å². The zero-order valence-corrected chi connectivity index (χ0v) is 10.9. The van der Waals surface area contributed by atoms with Crippen molar-refractivity contribution < 1.29 is 9.53 Å². The van der Waals surface area contributed by atoms with Crippen LogP contribution in [0, 0.1) is 5.92 Å². The van der Waals surface area contributed by atoms with E-state index in [-0.39, 0.29) is 17.9 Å². The Bertz CT molecular complexity index is 371. The van der Waals surface area contributed by atoms with Gasteiger partial charge in [0.15, 0.2) is 0 Å². The van der Waals surface area contributed by atoms with Crippen LogP contribution in [0.3, 0.4) is 0 Å². The first kappa shape index (κ1) is 13.1. The van der Waals surface area contributed by atoms with Crippen molar-refractivity contribution in [2.75, 3.05) is 13.7 Å². The molecule has 98 valence electrons. The smallest absolute Gasteiger partial charge is 0.310 e. The third kappa shape index (κ3) is 3.33. The van der Waals surface area contributed by atoms with E-state index in [4.69, 9.17) is 4.74 Å². The van der Waals surface area contributed by atoms with E-state index in [2.05, 4.69) is 17.4 Å². The molecule has 1 aliphatic rings. The van der Waals surface area contributed by atoms with E-state index in [0.717, 1.165) is 19.4 Å². The van der Waals surface area contributed by atoms with Gasteiger partial charge in [0.2, 0.25) is 0 Å². The second kappa shape index (κ2) is 6.55. The maximum absolute atomic E-state index is 12.0. The molecule has 0 bridgehead atoms. The second-order valence-corrected chi connectivity index (χ2v) is 4.88. The molecule has 1 saturated heterocycles. The molecule has 0 aromatic heterocycles. The van der Waals surface area contributed by atoms with E-state index in [1.165, 1.54) is 25.5 Å². The average Bonchev–Trinajstić information content (AvgIpc) is 2.46. The molecule has 2 rings (SSSR count). The first-order chi connectivity index (χ1) is 8.81. The summed E-state index contributed by atoms with van der Waals surface area (Å²) in [6, 6.07) is 10.4. The molecule has 1 aromatic carbocycles. The number of methoxy groups -OCH3 is 1. The maximum atomic E-state index is 12.0. The normalized spacial score (nSPS) is 21.3. The summed E-state index contributed by atoms with van der Waals surface area (Å²) in [6.07, 6.45) is 4.22. The molecule has 3 nitrogen and oxygen atoms in total. The third-order valence-corrected chi connectivity index (χ3v) is 3.64. The number of ether oxygens (including phenoxy) is 1. The Labute approximate surface area is 109 Å². The number of benzene rings is 1. The average molecular weight is 247 g/mol. The predicted octanol–water partition coefficient (Wildman–Crippen LogP) is 2.16. The summed E-state index contributed by atoms with van der Waals surface area (Å²) in [6.45, 7) is 1.01. The molecule has 1 unspecified atom stereocenters. The first-order valence-corrected chi connectivity index (χ1v) is 6.66. The van der Waals surface area contributed by atoms with Gasteiger partial charge in [0.05, 0.1) is 13.0 Å². The minimum Gasteiger partial charge on any atom is -0.469 e. The highest BCUT2D eigenvalue weighted by atomic mass is 16.5. The number of carbonyl (C=O) groups is 1. The highest BCUT2D eigenvalue weighted by molar-refractivity contribution is 5.73. The van der Waals surface area contributed by atoms with Crippen LogP contribution in [0.2, 0.25) is 0 Å². The Kier molecular flexibility index (Phi) is 4.76. The Morgan fingerprint density at radius 3 is 2.78 bits per heavy atom. The molecule has 1 fully saturated rings. The molecule has 0 radical (unpaired) electrons. The van der Waals surface area contributed by atoms with Gasteiger partial charge in [-0.25, -0.2) is 0 Å². The lowest BCUT2D eigenvalue weighted by Gasteiger charge is -2.29. The van der Waals surface area contributed by atoms with Crippen LogP contribution in [0.4, 0.5) is 0 Å². The Hall–Kier alpha value is -1.35. The van der Waals surface area contributed by atoms with Crippen LogP contribution in [-0.2, 0) is 16.0 Å². The van der Waals surface area contributed by atoms with Gasteiger partial charge in [0, 0.05) is 6.04 Å². The minimum atomic E-state index is -0.0988. The van der Waals surface area contributed by atoms with Crippen molar-refractivity contribution >= 4 is 5.97 Å². The van der Waals surface area contributed by atoms with Crippen LogP contribution in [-0.4, -0.2) is 25.7 Å². The van der Waals surface area contributed by atoms with Crippen LogP contribution >= 0.6 is 0 Å². The zero-order chi connectivity index (χ0) is 12.8. The van der Waals surface area contributed by atoms with Gasteiger partial charge in [-0.2, -0.15) is 0 Å². The molecule has 1 N–H and O–H groups in total. The van der Waals surface area contributed by atoms with E-state index in [0.29, 0.717) is 0 Å². The largest absolute Gasteiger partial charge is 0.469 e. The van der Waals surface area contributed by atoms with E-state index >= 15 is 0 Å². The van der Waals surface area contributed by atoms with Gasteiger partial charge in [-0.3, -0.25) is 4.79 Å². The van der Waals surface area contributed by atoms with Gasteiger partial charge < -0.3 is 10.1 Å². The lowest BCUT2D eigenvalue weighted by Crippen LogP contribution is -2.44. The van der Waals surface area contributed by atoms with E-state index in [1.54, 1.807) is 0 Å². The quantitative estimate of drug-likeness (QED) is 0.829. The molecule has 18 heavy (non-hydrogen) atoms. The van der Waals surface area contributed by atoms with Gasteiger partial charge in [0.25, 0.3) is 0 Å². The number of rotatable bonds is 4. The standard InChI is InChI=1S/C15H21NO2/c1-18-15(17)13(14-9-5-6-10-16-14)11-12-7-3-2-4-8-12/h2-4,7-8,13-14,16H,5-6,9-11H2,1H3/t13-,14?/m1/s1. The fourth-order valence-electron chi connectivity index (χ4n) is 2.63. The van der Waals surface area contributed by atoms with Crippen LogP contribution in [0.15, 0.2) is 30.3 Å². The number of esters is 1. The van der Waals surface area contributed by atoms with Gasteiger partial charge in [-0.05, 0) is 31.4 Å². The van der Waals surface area contributed by atoms with Crippen LogP contribution in [0.1, 0.15) is 24.8 Å². The van der Waals surface area contributed by atoms with E-state index < -0.39 is 0 Å². The summed E-state index contributed by atoms with van der Waals surface area (Å²) >= 11 is 0. The highest BCUT2D eigenvalue weighted by Crippen LogP contribution is 2.20. The van der Waals surface area contributed by atoms with E-state index in [1.807, 2.05) is 18.2 Å². The summed E-state index contributed by atoms with van der Waals surface area (Å²) in [5.74, 6) is -0.170. The van der Waals surface area contributed by atoms with Crippen molar-refractivity contribution in [3.8, 4) is 0 Å². The molecule has 0 spiro atoms. The van der Waals surface area contributed by atoms with Crippen molar-refractivity contribution in [2.45, 2.75) is 31.7 Å². The SMILES string of the molecule is COC(=O)[C@H](Cc1ccccc1)C1CCCCN1. The van der Waals surface area contributed by atoms with Crippen molar-refractivity contribution in [3.05, 3.63) is 35.9 Å². The summed E-state index contributed by atoms with van der Waals surface area (Å²) in [5.41, 5.74) is 1.19. The third-order valence-electron chi connectivity index (χ3n) is 3.64. The van der Waals surface area contributed by atoms with Crippen molar-refractivity contribution in [1.82, 2.24) is 5.32 Å². The van der Waals surface area contributed by atoms with Crippen LogP contribution < -0.4 is 5.32 Å². The van der Waals surface area contributed by atoms with E-state index in [9.17, 15) is 4.79 Å². The fourth-order valence-corrected chi connectivity index (χ4v) is 2.63. The minimum absolute atomic E-state index is 0.0716. The van der Waals surface area contributed by atoms with Crippen molar-refractivity contribution in [2.24, 2.45) is 5.92 Å². The maximum Gasteiger partial charge on any atom is 0.310 e. The predicted molar refractivity (Wildman–Crippen MR) is 71.3 cm³/mol. The van der Waals surface area contributed by atoms with Crippen LogP contribution in [0.25, 0.3) is 0 Å². The molecular formula is C15H21NO2. The number of carbonyl (C=O) groups excluding carboxylic acids is 1. The topological polar surface area (TPSA) is 38.3 Å². The number of hydrogen-bond acceptors (Lipinski definition) is 3. The molecule has 1 aromatic rings.